The van der Waals surface area contributed by atoms with Crippen molar-refractivity contribution in [1.29, 1.82) is 0 Å². The molecule has 0 aromatic heterocycles. The number of ketones is 1. The number of carbonyl (C=O) groups excluding carboxylic acids is 3. The Balaban J connectivity index is 1.84. The van der Waals surface area contributed by atoms with Crippen molar-refractivity contribution in [1.82, 2.24) is 9.80 Å². The summed E-state index contributed by atoms with van der Waals surface area (Å²) in [6, 6.07) is 6.84. The summed E-state index contributed by atoms with van der Waals surface area (Å²) in [4.78, 5) is 39.5. The molecule has 0 bridgehead atoms. The minimum Gasteiger partial charge on any atom is -0.439 e. The molecule has 122 valence electrons. The molecule has 1 aromatic carbocycles. The Hall–Kier alpha value is -2.37. The summed E-state index contributed by atoms with van der Waals surface area (Å²) in [5, 5.41) is 0. The van der Waals surface area contributed by atoms with Crippen molar-refractivity contribution in [3.05, 3.63) is 35.4 Å². The SMILES string of the molecule is CC(=O)c1ccccc1C(=O)N1CCCC2(CN(C)C(=O)O2)C1. The van der Waals surface area contributed by atoms with E-state index in [1.54, 1.807) is 36.2 Å². The van der Waals surface area contributed by atoms with E-state index in [-0.39, 0.29) is 17.8 Å². The molecule has 0 aliphatic carbocycles. The lowest BCUT2D eigenvalue weighted by Crippen LogP contribution is -2.52. The Bertz CT molecular complexity index is 672. The Morgan fingerprint density at radius 1 is 1.17 bits per heavy atom. The highest BCUT2D eigenvalue weighted by atomic mass is 16.6. The van der Waals surface area contributed by atoms with Crippen LogP contribution in [0.5, 0.6) is 0 Å². The molecule has 1 spiro atoms. The first kappa shape index (κ1) is 15.5. The third-order valence-electron chi connectivity index (χ3n) is 4.50. The van der Waals surface area contributed by atoms with Gasteiger partial charge in [-0.3, -0.25) is 9.59 Å². The number of hydrogen-bond acceptors (Lipinski definition) is 4. The van der Waals surface area contributed by atoms with Gasteiger partial charge >= 0.3 is 6.09 Å². The van der Waals surface area contributed by atoms with Crippen LogP contribution in [0.25, 0.3) is 0 Å². The summed E-state index contributed by atoms with van der Waals surface area (Å²) in [5.74, 6) is -0.312. The van der Waals surface area contributed by atoms with Gasteiger partial charge in [0.05, 0.1) is 18.7 Å². The Labute approximate surface area is 135 Å². The summed E-state index contributed by atoms with van der Waals surface area (Å²) in [6.07, 6.45) is 1.18. The summed E-state index contributed by atoms with van der Waals surface area (Å²) in [5.41, 5.74) is 0.220. The van der Waals surface area contributed by atoms with Crippen LogP contribution in [0.3, 0.4) is 0 Å². The van der Waals surface area contributed by atoms with E-state index in [4.69, 9.17) is 4.74 Å². The van der Waals surface area contributed by atoms with Gasteiger partial charge < -0.3 is 14.5 Å². The normalized spacial score (nSPS) is 24.0. The number of likely N-dealkylation sites (N-methyl/N-ethyl adjacent to an activating group) is 1. The molecule has 1 aromatic rings. The van der Waals surface area contributed by atoms with Crippen molar-refractivity contribution in [2.75, 3.05) is 26.7 Å². The average Bonchev–Trinajstić information content (AvgIpc) is 2.80. The van der Waals surface area contributed by atoms with E-state index in [2.05, 4.69) is 0 Å². The van der Waals surface area contributed by atoms with E-state index in [9.17, 15) is 14.4 Å². The maximum atomic E-state index is 12.8. The van der Waals surface area contributed by atoms with Gasteiger partial charge in [0.25, 0.3) is 5.91 Å². The minimum atomic E-state index is -0.620. The molecule has 0 N–H and O–H groups in total. The first-order valence-corrected chi connectivity index (χ1v) is 7.75. The number of likely N-dealkylation sites (tertiary alicyclic amines) is 1. The molecule has 0 radical (unpaired) electrons. The van der Waals surface area contributed by atoms with E-state index in [0.717, 1.165) is 12.8 Å². The lowest BCUT2D eigenvalue weighted by atomic mass is 9.92. The molecule has 2 aliphatic heterocycles. The van der Waals surface area contributed by atoms with Crippen LogP contribution in [0.4, 0.5) is 4.79 Å². The first-order chi connectivity index (χ1) is 10.9. The number of piperidine rings is 1. The number of rotatable bonds is 2. The van der Waals surface area contributed by atoms with Crippen molar-refractivity contribution < 1.29 is 19.1 Å². The molecule has 0 saturated carbocycles. The van der Waals surface area contributed by atoms with Crippen LogP contribution in [0.2, 0.25) is 0 Å². The molecule has 23 heavy (non-hydrogen) atoms. The van der Waals surface area contributed by atoms with E-state index < -0.39 is 5.60 Å². The third kappa shape index (κ3) is 2.81. The molecular formula is C17H20N2O4. The molecule has 2 fully saturated rings. The molecular weight excluding hydrogens is 296 g/mol. The predicted molar refractivity (Wildman–Crippen MR) is 83.4 cm³/mol. The first-order valence-electron chi connectivity index (χ1n) is 7.75. The number of amides is 2. The summed E-state index contributed by atoms with van der Waals surface area (Å²) in [7, 11) is 1.70. The number of benzene rings is 1. The molecule has 2 heterocycles. The second kappa shape index (κ2) is 5.68. The van der Waals surface area contributed by atoms with Gasteiger partial charge in [0, 0.05) is 19.2 Å². The third-order valence-corrected chi connectivity index (χ3v) is 4.50. The number of hydrogen-bond donors (Lipinski definition) is 0. The van der Waals surface area contributed by atoms with Crippen molar-refractivity contribution in [3.8, 4) is 0 Å². The zero-order valence-electron chi connectivity index (χ0n) is 13.4. The highest BCUT2D eigenvalue weighted by molar-refractivity contribution is 6.07. The fourth-order valence-electron chi connectivity index (χ4n) is 3.42. The molecule has 2 saturated heterocycles. The van der Waals surface area contributed by atoms with Crippen LogP contribution >= 0.6 is 0 Å². The lowest BCUT2D eigenvalue weighted by molar-refractivity contribution is -0.00523. The quantitative estimate of drug-likeness (QED) is 0.782. The van der Waals surface area contributed by atoms with Crippen LogP contribution < -0.4 is 0 Å². The average molecular weight is 316 g/mol. The van der Waals surface area contributed by atoms with Crippen LogP contribution in [-0.4, -0.2) is 59.9 Å². The summed E-state index contributed by atoms with van der Waals surface area (Å²) >= 11 is 0. The largest absolute Gasteiger partial charge is 0.439 e. The van der Waals surface area contributed by atoms with Crippen LogP contribution in [0.15, 0.2) is 24.3 Å². The van der Waals surface area contributed by atoms with E-state index in [1.165, 1.54) is 11.8 Å². The van der Waals surface area contributed by atoms with Gasteiger partial charge in [0.1, 0.15) is 5.60 Å². The summed E-state index contributed by atoms with van der Waals surface area (Å²) < 4.78 is 5.52. The predicted octanol–water partition coefficient (Wildman–Crippen LogP) is 1.95. The molecule has 2 amide bonds. The monoisotopic (exact) mass is 316 g/mol. The Morgan fingerprint density at radius 3 is 2.48 bits per heavy atom. The number of carbonyl (C=O) groups is 3. The van der Waals surface area contributed by atoms with Gasteiger partial charge in [-0.1, -0.05) is 18.2 Å². The number of ether oxygens (including phenoxy) is 1. The highest BCUT2D eigenvalue weighted by Gasteiger charge is 2.47. The molecule has 1 atom stereocenters. The van der Waals surface area contributed by atoms with Gasteiger partial charge in [-0.25, -0.2) is 4.79 Å². The van der Waals surface area contributed by atoms with Crippen molar-refractivity contribution in [3.63, 3.8) is 0 Å². The zero-order valence-corrected chi connectivity index (χ0v) is 13.4. The fourth-order valence-corrected chi connectivity index (χ4v) is 3.42. The van der Waals surface area contributed by atoms with Gasteiger partial charge in [-0.2, -0.15) is 0 Å². The topological polar surface area (TPSA) is 66.9 Å². The van der Waals surface area contributed by atoms with E-state index in [1.807, 2.05) is 0 Å². The standard InChI is InChI=1S/C17H20N2O4/c1-12(20)13-6-3-4-7-14(13)15(21)19-9-5-8-17(11-19)10-18(2)16(22)23-17/h3-4,6-7H,5,8-11H2,1-2H3. The summed E-state index contributed by atoms with van der Waals surface area (Å²) in [6.45, 7) is 2.92. The van der Waals surface area contributed by atoms with Gasteiger partial charge in [0.2, 0.25) is 0 Å². The van der Waals surface area contributed by atoms with Gasteiger partial charge in [0.15, 0.2) is 5.78 Å². The van der Waals surface area contributed by atoms with E-state index >= 15 is 0 Å². The van der Waals surface area contributed by atoms with Crippen LogP contribution in [-0.2, 0) is 4.74 Å². The molecule has 3 rings (SSSR count). The second-order valence-electron chi connectivity index (χ2n) is 6.34. The minimum absolute atomic E-state index is 0.132. The van der Waals surface area contributed by atoms with E-state index in [0.29, 0.717) is 30.8 Å². The number of nitrogens with zero attached hydrogens (tertiary/aromatic N) is 2. The zero-order chi connectivity index (χ0) is 16.6. The Kier molecular flexibility index (Phi) is 3.83. The molecule has 2 aliphatic rings. The molecule has 6 nitrogen and oxygen atoms in total. The maximum absolute atomic E-state index is 12.8. The molecule has 1 unspecified atom stereocenters. The highest BCUT2D eigenvalue weighted by Crippen LogP contribution is 2.32. The van der Waals surface area contributed by atoms with Gasteiger partial charge in [-0.05, 0) is 25.8 Å². The van der Waals surface area contributed by atoms with Crippen molar-refractivity contribution >= 4 is 17.8 Å². The van der Waals surface area contributed by atoms with Crippen molar-refractivity contribution in [2.45, 2.75) is 25.4 Å². The lowest BCUT2D eigenvalue weighted by Gasteiger charge is -2.38. The van der Waals surface area contributed by atoms with Crippen molar-refractivity contribution in [2.24, 2.45) is 0 Å². The van der Waals surface area contributed by atoms with Crippen LogP contribution in [0.1, 0.15) is 40.5 Å². The van der Waals surface area contributed by atoms with Crippen LogP contribution in [0, 0.1) is 0 Å². The smallest absolute Gasteiger partial charge is 0.410 e. The number of Topliss-reactive ketones (excluding diaryl/α,β-unsaturated/α-hetero) is 1. The molecule has 6 heteroatoms. The maximum Gasteiger partial charge on any atom is 0.410 e. The fraction of sp³-hybridized carbons (Fsp3) is 0.471. The Morgan fingerprint density at radius 2 is 1.87 bits per heavy atom. The van der Waals surface area contributed by atoms with Gasteiger partial charge in [-0.15, -0.1) is 0 Å². The second-order valence-corrected chi connectivity index (χ2v) is 6.34.